The molecule has 0 aliphatic rings. The number of aryl methyl sites for hydroxylation is 1. The van der Waals surface area contributed by atoms with E-state index in [0.29, 0.717) is 36.6 Å². The molecule has 1 amide bonds. The van der Waals surface area contributed by atoms with Crippen LogP contribution in [0.4, 0.5) is 0 Å². The van der Waals surface area contributed by atoms with E-state index < -0.39 is 0 Å². The third-order valence-corrected chi connectivity index (χ3v) is 4.66. The molecule has 0 atom stereocenters. The quantitative estimate of drug-likeness (QED) is 0.613. The second-order valence-electron chi connectivity index (χ2n) is 6.52. The molecule has 29 heavy (non-hydrogen) atoms. The van der Waals surface area contributed by atoms with Crippen LogP contribution in [0, 0.1) is 0 Å². The number of hydrogen-bond acceptors (Lipinski definition) is 4. The molecular formula is C22H22ClN3O3. The molecule has 3 rings (SSSR count). The lowest BCUT2D eigenvalue weighted by molar-refractivity contribution is -0.121. The molecule has 0 saturated carbocycles. The number of nitrogens with one attached hydrogen (secondary N) is 1. The molecule has 2 aromatic carbocycles. The minimum Gasteiger partial charge on any atom is -0.497 e. The molecule has 1 heterocycles. The number of amides is 1. The summed E-state index contributed by atoms with van der Waals surface area (Å²) in [4.78, 5) is 24.2. The number of halogens is 1. The van der Waals surface area contributed by atoms with Gasteiger partial charge < -0.3 is 10.1 Å². The van der Waals surface area contributed by atoms with Crippen LogP contribution in [0.2, 0.25) is 5.02 Å². The molecule has 0 spiro atoms. The molecular weight excluding hydrogens is 390 g/mol. The van der Waals surface area contributed by atoms with Crippen molar-refractivity contribution >= 4 is 17.5 Å². The first-order valence-electron chi connectivity index (χ1n) is 9.29. The predicted octanol–water partition coefficient (Wildman–Crippen LogP) is 3.67. The Bertz CT molecular complexity index is 1030. The van der Waals surface area contributed by atoms with Crippen LogP contribution in [0.1, 0.15) is 18.4 Å². The van der Waals surface area contributed by atoms with Gasteiger partial charge in [-0.3, -0.25) is 9.59 Å². The zero-order valence-corrected chi connectivity index (χ0v) is 16.9. The Labute approximate surface area is 174 Å². The van der Waals surface area contributed by atoms with Crippen LogP contribution in [-0.4, -0.2) is 22.8 Å². The molecule has 1 N–H and O–H groups in total. The van der Waals surface area contributed by atoms with Crippen LogP contribution in [0.3, 0.4) is 0 Å². The fourth-order valence-electron chi connectivity index (χ4n) is 2.83. The van der Waals surface area contributed by atoms with Crippen molar-refractivity contribution in [1.29, 1.82) is 0 Å². The van der Waals surface area contributed by atoms with Crippen molar-refractivity contribution in [2.75, 3.05) is 7.11 Å². The zero-order chi connectivity index (χ0) is 20.6. The van der Waals surface area contributed by atoms with Gasteiger partial charge in [-0.1, -0.05) is 35.9 Å². The zero-order valence-electron chi connectivity index (χ0n) is 16.1. The lowest BCUT2D eigenvalue weighted by Crippen LogP contribution is -2.25. The van der Waals surface area contributed by atoms with Crippen molar-refractivity contribution in [2.45, 2.75) is 25.9 Å². The first kappa shape index (κ1) is 20.6. The van der Waals surface area contributed by atoms with Crippen molar-refractivity contribution in [3.63, 3.8) is 0 Å². The van der Waals surface area contributed by atoms with Gasteiger partial charge in [0.15, 0.2) is 0 Å². The van der Waals surface area contributed by atoms with Crippen LogP contribution in [-0.2, 0) is 17.9 Å². The normalized spacial score (nSPS) is 10.6. The maximum Gasteiger partial charge on any atom is 0.266 e. The van der Waals surface area contributed by atoms with Gasteiger partial charge in [-0.2, -0.15) is 5.10 Å². The van der Waals surface area contributed by atoms with Gasteiger partial charge in [0.2, 0.25) is 5.91 Å². The number of rotatable bonds is 8. The Morgan fingerprint density at radius 1 is 1.14 bits per heavy atom. The average molecular weight is 412 g/mol. The molecule has 1 aromatic heterocycles. The highest BCUT2D eigenvalue weighted by atomic mass is 35.5. The molecule has 7 heteroatoms. The van der Waals surface area contributed by atoms with Crippen LogP contribution >= 0.6 is 11.6 Å². The Balaban J connectivity index is 1.55. The van der Waals surface area contributed by atoms with Gasteiger partial charge in [0.25, 0.3) is 5.56 Å². The minimum atomic E-state index is -0.196. The molecule has 0 fully saturated rings. The van der Waals surface area contributed by atoms with Gasteiger partial charge in [0.1, 0.15) is 5.75 Å². The minimum absolute atomic E-state index is 0.0723. The highest BCUT2D eigenvalue weighted by Crippen LogP contribution is 2.21. The lowest BCUT2D eigenvalue weighted by atomic mass is 10.1. The van der Waals surface area contributed by atoms with Crippen molar-refractivity contribution in [3.8, 4) is 17.0 Å². The summed E-state index contributed by atoms with van der Waals surface area (Å²) in [5.74, 6) is 0.649. The second-order valence-corrected chi connectivity index (χ2v) is 6.96. The highest BCUT2D eigenvalue weighted by Gasteiger charge is 2.07. The lowest BCUT2D eigenvalue weighted by Gasteiger charge is -2.09. The first-order chi connectivity index (χ1) is 14.0. The third-order valence-electron chi connectivity index (χ3n) is 4.41. The van der Waals surface area contributed by atoms with Crippen LogP contribution in [0.5, 0.6) is 5.75 Å². The number of methoxy groups -OCH3 is 1. The molecule has 6 nitrogen and oxygen atoms in total. The molecule has 0 unspecified atom stereocenters. The molecule has 0 aliphatic heterocycles. The number of carbonyl (C=O) groups excluding carboxylic acids is 1. The van der Waals surface area contributed by atoms with E-state index >= 15 is 0 Å². The Kier molecular flexibility index (Phi) is 7.03. The summed E-state index contributed by atoms with van der Waals surface area (Å²) in [6.45, 7) is 0.810. The van der Waals surface area contributed by atoms with E-state index in [-0.39, 0.29) is 11.5 Å². The van der Waals surface area contributed by atoms with Gasteiger partial charge in [-0.15, -0.1) is 0 Å². The average Bonchev–Trinajstić information content (AvgIpc) is 2.74. The Morgan fingerprint density at radius 2 is 1.93 bits per heavy atom. The SMILES string of the molecule is COc1cccc(-c2ccc(=O)n(CCCC(=O)NCc3ccc(Cl)cc3)n2)c1. The van der Waals surface area contributed by atoms with E-state index in [1.165, 1.54) is 10.7 Å². The molecule has 0 saturated heterocycles. The summed E-state index contributed by atoms with van der Waals surface area (Å²) in [6, 6.07) is 18.0. The maximum absolute atomic E-state index is 12.1. The number of ether oxygens (including phenoxy) is 1. The first-order valence-corrected chi connectivity index (χ1v) is 9.67. The maximum atomic E-state index is 12.1. The highest BCUT2D eigenvalue weighted by molar-refractivity contribution is 6.30. The Hall–Kier alpha value is -3.12. The number of aromatic nitrogens is 2. The molecule has 0 radical (unpaired) electrons. The van der Waals surface area contributed by atoms with E-state index in [1.54, 1.807) is 25.3 Å². The number of hydrogen-bond donors (Lipinski definition) is 1. The summed E-state index contributed by atoms with van der Waals surface area (Å²) >= 11 is 5.85. The van der Waals surface area contributed by atoms with Gasteiger partial charge in [0.05, 0.1) is 12.8 Å². The van der Waals surface area contributed by atoms with Gasteiger partial charge in [0, 0.05) is 36.2 Å². The van der Waals surface area contributed by atoms with Crippen LogP contribution < -0.4 is 15.6 Å². The predicted molar refractivity (Wildman–Crippen MR) is 113 cm³/mol. The second kappa shape index (κ2) is 9.89. The largest absolute Gasteiger partial charge is 0.497 e. The molecule has 150 valence electrons. The summed E-state index contributed by atoms with van der Waals surface area (Å²) in [6.07, 6.45) is 0.825. The fourth-order valence-corrected chi connectivity index (χ4v) is 2.95. The smallest absolute Gasteiger partial charge is 0.266 e. The van der Waals surface area contributed by atoms with Crippen molar-refractivity contribution in [3.05, 3.63) is 81.6 Å². The summed E-state index contributed by atoms with van der Waals surface area (Å²) in [5.41, 5.74) is 2.32. The summed E-state index contributed by atoms with van der Waals surface area (Å²) in [7, 11) is 1.60. The number of carbonyl (C=O) groups is 1. The van der Waals surface area contributed by atoms with Crippen molar-refractivity contribution < 1.29 is 9.53 Å². The summed E-state index contributed by atoms with van der Waals surface area (Å²) in [5, 5.41) is 7.95. The van der Waals surface area contributed by atoms with E-state index in [9.17, 15) is 9.59 Å². The van der Waals surface area contributed by atoms with Gasteiger partial charge in [-0.25, -0.2) is 4.68 Å². The van der Waals surface area contributed by atoms with Crippen molar-refractivity contribution in [1.82, 2.24) is 15.1 Å². The number of nitrogens with zero attached hydrogens (tertiary/aromatic N) is 2. The summed E-state index contributed by atoms with van der Waals surface area (Å²) < 4.78 is 6.63. The monoisotopic (exact) mass is 411 g/mol. The molecule has 0 bridgehead atoms. The van der Waals surface area contributed by atoms with Gasteiger partial charge in [-0.05, 0) is 42.3 Å². The standard InChI is InChI=1S/C22H22ClN3O3/c1-29-19-5-2-4-17(14-19)20-11-12-22(28)26(25-20)13-3-6-21(27)24-15-16-7-9-18(23)10-8-16/h2,4-5,7-12,14H,3,6,13,15H2,1H3,(H,24,27). The van der Waals surface area contributed by atoms with Crippen LogP contribution in [0.25, 0.3) is 11.3 Å². The number of benzene rings is 2. The topological polar surface area (TPSA) is 73.2 Å². The third kappa shape index (κ3) is 5.93. The van der Waals surface area contributed by atoms with E-state index in [1.807, 2.05) is 36.4 Å². The van der Waals surface area contributed by atoms with Crippen LogP contribution in [0.15, 0.2) is 65.5 Å². The fraction of sp³-hybridized carbons (Fsp3) is 0.227. The molecule has 3 aromatic rings. The van der Waals surface area contributed by atoms with Gasteiger partial charge >= 0.3 is 0 Å². The van der Waals surface area contributed by atoms with E-state index in [4.69, 9.17) is 16.3 Å². The van der Waals surface area contributed by atoms with Crippen molar-refractivity contribution in [2.24, 2.45) is 0 Å². The molecule has 0 aliphatic carbocycles. The van der Waals surface area contributed by atoms with E-state index in [2.05, 4.69) is 10.4 Å². The van der Waals surface area contributed by atoms with E-state index in [0.717, 1.165) is 16.9 Å². The Morgan fingerprint density at radius 3 is 2.69 bits per heavy atom.